The van der Waals surface area contributed by atoms with Crippen LogP contribution >= 0.6 is 0 Å². The van der Waals surface area contributed by atoms with Crippen LogP contribution in [0.15, 0.2) is 24.3 Å². The van der Waals surface area contributed by atoms with Gasteiger partial charge >= 0.3 is 5.97 Å². The van der Waals surface area contributed by atoms with Crippen molar-refractivity contribution in [2.45, 2.75) is 27.3 Å². The highest BCUT2D eigenvalue weighted by molar-refractivity contribution is 5.87. The zero-order chi connectivity index (χ0) is 16.1. The van der Waals surface area contributed by atoms with Crippen LogP contribution in [0.1, 0.15) is 31.3 Å². The van der Waals surface area contributed by atoms with Crippen LogP contribution in [0.5, 0.6) is 11.5 Å². The van der Waals surface area contributed by atoms with Crippen LogP contribution in [0, 0.1) is 0 Å². The molecule has 0 aliphatic heterocycles. The molecule has 1 aromatic carbocycles. The SMILES string of the molecule is CCOc1ccc(-c2cc(C(=O)O)n(CC)n2)cc1OCC. The molecule has 118 valence electrons. The molecule has 0 saturated heterocycles. The van der Waals surface area contributed by atoms with Crippen molar-refractivity contribution < 1.29 is 19.4 Å². The van der Waals surface area contributed by atoms with Gasteiger partial charge in [0.25, 0.3) is 0 Å². The molecule has 6 heteroatoms. The largest absolute Gasteiger partial charge is 0.490 e. The number of carboxylic acid groups (broad SMARTS) is 1. The average Bonchev–Trinajstić information content (AvgIpc) is 2.94. The molecule has 0 atom stereocenters. The highest BCUT2D eigenvalue weighted by Gasteiger charge is 2.16. The van der Waals surface area contributed by atoms with Crippen molar-refractivity contribution in [2.75, 3.05) is 13.2 Å². The Morgan fingerprint density at radius 1 is 1.14 bits per heavy atom. The third kappa shape index (κ3) is 3.21. The van der Waals surface area contributed by atoms with E-state index in [0.29, 0.717) is 37.0 Å². The predicted molar refractivity (Wildman–Crippen MR) is 82.6 cm³/mol. The molecule has 6 nitrogen and oxygen atoms in total. The zero-order valence-electron chi connectivity index (χ0n) is 13.0. The molecule has 0 radical (unpaired) electrons. The van der Waals surface area contributed by atoms with Crippen molar-refractivity contribution in [3.05, 3.63) is 30.0 Å². The number of benzene rings is 1. The Kier molecular flexibility index (Phi) is 5.04. The average molecular weight is 304 g/mol. The number of aromatic carboxylic acids is 1. The molecule has 0 unspecified atom stereocenters. The number of aromatic nitrogens is 2. The van der Waals surface area contributed by atoms with E-state index in [1.807, 2.05) is 39.0 Å². The first-order valence-electron chi connectivity index (χ1n) is 7.31. The standard InChI is InChI=1S/C16H20N2O4/c1-4-18-13(16(19)20)10-12(17-18)11-7-8-14(21-5-2)15(9-11)22-6-3/h7-10H,4-6H2,1-3H3,(H,19,20). The third-order valence-corrected chi connectivity index (χ3v) is 3.14. The Morgan fingerprint density at radius 2 is 1.82 bits per heavy atom. The summed E-state index contributed by atoms with van der Waals surface area (Å²) in [6.07, 6.45) is 0. The lowest BCUT2D eigenvalue weighted by molar-refractivity contribution is 0.0683. The van der Waals surface area contributed by atoms with Crippen molar-refractivity contribution >= 4 is 5.97 Å². The maximum Gasteiger partial charge on any atom is 0.354 e. The molecule has 1 aromatic heterocycles. The van der Waals surface area contributed by atoms with Crippen LogP contribution in [0.4, 0.5) is 0 Å². The van der Waals surface area contributed by atoms with Crippen LogP contribution in [0.25, 0.3) is 11.3 Å². The number of hydrogen-bond acceptors (Lipinski definition) is 4. The number of carbonyl (C=O) groups is 1. The summed E-state index contributed by atoms with van der Waals surface area (Å²) in [5, 5.41) is 13.5. The Labute approximate surface area is 129 Å². The number of carboxylic acids is 1. The van der Waals surface area contributed by atoms with Gasteiger partial charge in [-0.1, -0.05) is 0 Å². The van der Waals surface area contributed by atoms with Gasteiger partial charge in [0.1, 0.15) is 5.69 Å². The maximum absolute atomic E-state index is 11.2. The molecule has 1 heterocycles. The molecule has 0 fully saturated rings. The smallest absolute Gasteiger partial charge is 0.354 e. The van der Waals surface area contributed by atoms with Gasteiger partial charge in [-0.15, -0.1) is 0 Å². The van der Waals surface area contributed by atoms with Gasteiger partial charge in [-0.2, -0.15) is 5.10 Å². The van der Waals surface area contributed by atoms with Gasteiger partial charge in [0.15, 0.2) is 11.5 Å². The van der Waals surface area contributed by atoms with E-state index in [0.717, 1.165) is 5.56 Å². The quantitative estimate of drug-likeness (QED) is 0.851. The normalized spacial score (nSPS) is 10.5. The highest BCUT2D eigenvalue weighted by atomic mass is 16.5. The molecule has 22 heavy (non-hydrogen) atoms. The fourth-order valence-corrected chi connectivity index (χ4v) is 2.18. The minimum atomic E-state index is -0.989. The fraction of sp³-hybridized carbons (Fsp3) is 0.375. The summed E-state index contributed by atoms with van der Waals surface area (Å²) < 4.78 is 12.6. The van der Waals surface area contributed by atoms with Crippen molar-refractivity contribution in [3.63, 3.8) is 0 Å². The van der Waals surface area contributed by atoms with Crippen molar-refractivity contribution in [2.24, 2.45) is 0 Å². The molecule has 2 aromatic rings. The van der Waals surface area contributed by atoms with Gasteiger partial charge in [-0.3, -0.25) is 4.68 Å². The van der Waals surface area contributed by atoms with E-state index in [1.54, 1.807) is 6.07 Å². The minimum absolute atomic E-state index is 0.171. The highest BCUT2D eigenvalue weighted by Crippen LogP contribution is 2.32. The summed E-state index contributed by atoms with van der Waals surface area (Å²) >= 11 is 0. The zero-order valence-corrected chi connectivity index (χ0v) is 13.0. The van der Waals surface area contributed by atoms with E-state index in [-0.39, 0.29) is 5.69 Å². The second-order valence-corrected chi connectivity index (χ2v) is 4.56. The van der Waals surface area contributed by atoms with Gasteiger partial charge in [0, 0.05) is 12.1 Å². The molecular weight excluding hydrogens is 284 g/mol. The van der Waals surface area contributed by atoms with Crippen molar-refractivity contribution in [3.8, 4) is 22.8 Å². The lowest BCUT2D eigenvalue weighted by Gasteiger charge is -2.11. The second kappa shape index (κ2) is 6.98. The Hall–Kier alpha value is -2.50. The van der Waals surface area contributed by atoms with Gasteiger partial charge < -0.3 is 14.6 Å². The van der Waals surface area contributed by atoms with Crippen LogP contribution < -0.4 is 9.47 Å². The summed E-state index contributed by atoms with van der Waals surface area (Å²) in [5.41, 5.74) is 1.56. The molecule has 0 spiro atoms. The summed E-state index contributed by atoms with van der Waals surface area (Å²) in [4.78, 5) is 11.2. The van der Waals surface area contributed by atoms with E-state index in [4.69, 9.17) is 9.47 Å². The minimum Gasteiger partial charge on any atom is -0.490 e. The van der Waals surface area contributed by atoms with Gasteiger partial charge in [-0.05, 0) is 45.0 Å². The molecule has 0 aliphatic carbocycles. The Morgan fingerprint density at radius 3 is 2.36 bits per heavy atom. The summed E-state index contributed by atoms with van der Waals surface area (Å²) in [7, 11) is 0. The predicted octanol–water partition coefficient (Wildman–Crippen LogP) is 3.07. The summed E-state index contributed by atoms with van der Waals surface area (Å²) in [6.45, 7) is 7.23. The Bertz CT molecular complexity index is 664. The van der Waals surface area contributed by atoms with E-state index in [2.05, 4.69) is 5.10 Å². The number of rotatable bonds is 7. The van der Waals surface area contributed by atoms with Gasteiger partial charge in [-0.25, -0.2) is 4.79 Å². The fourth-order valence-electron chi connectivity index (χ4n) is 2.18. The number of aryl methyl sites for hydroxylation is 1. The Balaban J connectivity index is 2.44. The summed E-state index contributed by atoms with van der Waals surface area (Å²) in [5.74, 6) is 0.308. The molecular formula is C16H20N2O4. The molecule has 0 aliphatic rings. The lowest BCUT2D eigenvalue weighted by Crippen LogP contribution is -2.08. The lowest BCUT2D eigenvalue weighted by atomic mass is 10.1. The van der Waals surface area contributed by atoms with Crippen molar-refractivity contribution in [1.82, 2.24) is 9.78 Å². The van der Waals surface area contributed by atoms with E-state index >= 15 is 0 Å². The maximum atomic E-state index is 11.2. The number of ether oxygens (including phenoxy) is 2. The first-order valence-corrected chi connectivity index (χ1v) is 7.31. The third-order valence-electron chi connectivity index (χ3n) is 3.14. The van der Waals surface area contributed by atoms with Gasteiger partial charge in [0.2, 0.25) is 0 Å². The first kappa shape index (κ1) is 15.9. The number of hydrogen-bond donors (Lipinski definition) is 1. The van der Waals surface area contributed by atoms with Crippen LogP contribution in [-0.2, 0) is 6.54 Å². The van der Waals surface area contributed by atoms with E-state index in [9.17, 15) is 9.90 Å². The first-order chi connectivity index (χ1) is 10.6. The van der Waals surface area contributed by atoms with E-state index < -0.39 is 5.97 Å². The van der Waals surface area contributed by atoms with Crippen LogP contribution in [-0.4, -0.2) is 34.1 Å². The molecule has 2 rings (SSSR count). The van der Waals surface area contributed by atoms with Crippen LogP contribution in [0.2, 0.25) is 0 Å². The molecule has 0 bridgehead atoms. The molecule has 1 N–H and O–H groups in total. The summed E-state index contributed by atoms with van der Waals surface area (Å²) in [6, 6.07) is 7.05. The van der Waals surface area contributed by atoms with E-state index in [1.165, 1.54) is 4.68 Å². The van der Waals surface area contributed by atoms with Gasteiger partial charge in [0.05, 0.1) is 18.9 Å². The number of nitrogens with zero attached hydrogens (tertiary/aromatic N) is 2. The second-order valence-electron chi connectivity index (χ2n) is 4.56. The van der Waals surface area contributed by atoms with Crippen LogP contribution in [0.3, 0.4) is 0 Å². The topological polar surface area (TPSA) is 73.6 Å². The monoisotopic (exact) mass is 304 g/mol. The van der Waals surface area contributed by atoms with Crippen molar-refractivity contribution in [1.29, 1.82) is 0 Å². The molecule has 0 amide bonds. The molecule has 0 saturated carbocycles.